The third kappa shape index (κ3) is 11.0. The number of aromatic nitrogens is 3. The van der Waals surface area contributed by atoms with E-state index in [1.165, 1.54) is 22.3 Å². The van der Waals surface area contributed by atoms with E-state index >= 15 is 0 Å². The number of nitrogens with zero attached hydrogens (tertiary/aromatic N) is 3. The average Bonchev–Trinajstić information content (AvgIpc) is 3.24. The van der Waals surface area contributed by atoms with Crippen LogP contribution in [0.3, 0.4) is 0 Å². The number of pyridine rings is 3. The van der Waals surface area contributed by atoms with Crippen LogP contribution in [0.1, 0.15) is 22.3 Å². The van der Waals surface area contributed by atoms with Crippen molar-refractivity contribution < 1.29 is 24.8 Å². The Morgan fingerprint density at radius 2 is 0.870 bits per heavy atom. The van der Waals surface area contributed by atoms with Crippen LogP contribution in [0.25, 0.3) is 33.8 Å². The van der Waals surface area contributed by atoms with Gasteiger partial charge in [0.2, 0.25) is 0 Å². The van der Waals surface area contributed by atoms with E-state index in [-0.39, 0.29) is 20.1 Å². The minimum Gasteiger partial charge on any atom is -0.457 e. The molecule has 8 aromatic rings. The molecule has 3 heterocycles. The van der Waals surface area contributed by atoms with Crippen molar-refractivity contribution in [2.75, 3.05) is 0 Å². The summed E-state index contributed by atoms with van der Waals surface area (Å²) in [5.41, 5.74) is 11.0. The maximum Gasteiger partial charge on any atom is 3.00 e. The SMILES string of the molecule is [Ir+3].[c-]1ccccc1-c1cc(CCc2cccc(Oc3cccc(CCc4cc[c-]c(-c5ccccn5)c4)c3)c2)ccn1.[c-]1ccccc1-c1ccccn1. The van der Waals surface area contributed by atoms with Gasteiger partial charge in [-0.1, -0.05) is 60.2 Å². The number of ether oxygens (including phenoxy) is 1. The number of hydrogen-bond acceptors (Lipinski definition) is 4. The summed E-state index contributed by atoms with van der Waals surface area (Å²) in [6.45, 7) is 0. The summed E-state index contributed by atoms with van der Waals surface area (Å²) in [7, 11) is 0. The molecule has 4 nitrogen and oxygen atoms in total. The fraction of sp³-hybridized carbons (Fsp3) is 0.0816. The maximum atomic E-state index is 6.29. The molecular weight excluding hydrogens is 839 g/mol. The molecule has 8 rings (SSSR count). The van der Waals surface area contributed by atoms with Crippen molar-refractivity contribution in [2.45, 2.75) is 25.7 Å². The fourth-order valence-electron chi connectivity index (χ4n) is 5.99. The van der Waals surface area contributed by atoms with E-state index in [0.717, 1.165) is 71.0 Å². The van der Waals surface area contributed by atoms with Crippen LogP contribution in [0.15, 0.2) is 182 Å². The van der Waals surface area contributed by atoms with Gasteiger partial charge in [0, 0.05) is 18.6 Å². The van der Waals surface area contributed by atoms with Crippen LogP contribution in [0.4, 0.5) is 0 Å². The largest absolute Gasteiger partial charge is 3.00 e. The molecule has 0 saturated heterocycles. The second-order valence-electron chi connectivity index (χ2n) is 12.5. The van der Waals surface area contributed by atoms with Crippen molar-refractivity contribution in [3.63, 3.8) is 0 Å². The standard InChI is InChI=1S/C38H30N2O.C11H8N.Ir/c1-2-12-33(13-3-1)38-28-32(22-24-40-38)21-20-31-11-8-16-36(27-31)41-35-15-7-10-30(26-35)19-18-29-9-6-14-34(25-29)37-17-4-5-23-39-37;1-2-6-10(7-3-1)11-8-4-5-9-12-11;/h1-12,15-17,22-28H,18-21H2;1-6,8-9H;/q-2;-1;+3. The number of hydrogen-bond donors (Lipinski definition) is 0. The molecule has 0 aliphatic heterocycles. The van der Waals surface area contributed by atoms with Crippen molar-refractivity contribution in [3.8, 4) is 45.3 Å². The molecule has 0 saturated carbocycles. The third-order valence-electron chi connectivity index (χ3n) is 8.70. The van der Waals surface area contributed by atoms with Gasteiger partial charge in [-0.05, 0) is 96.4 Å². The van der Waals surface area contributed by atoms with Gasteiger partial charge in [-0.15, -0.1) is 107 Å². The summed E-state index contributed by atoms with van der Waals surface area (Å²) in [6.07, 6.45) is 9.21. The van der Waals surface area contributed by atoms with E-state index < -0.39 is 0 Å². The predicted octanol–water partition coefficient (Wildman–Crippen LogP) is 11.3. The van der Waals surface area contributed by atoms with E-state index in [1.807, 2.05) is 116 Å². The first-order chi connectivity index (χ1) is 26.2. The zero-order chi connectivity index (χ0) is 35.9. The van der Waals surface area contributed by atoms with E-state index in [2.05, 4.69) is 93.8 Å². The Hall–Kier alpha value is -6.00. The van der Waals surface area contributed by atoms with E-state index in [4.69, 9.17) is 4.74 Å². The Kier molecular flexibility index (Phi) is 13.8. The summed E-state index contributed by atoms with van der Waals surface area (Å²) in [5, 5.41) is 0. The van der Waals surface area contributed by atoms with Gasteiger partial charge in [0.1, 0.15) is 11.5 Å². The van der Waals surface area contributed by atoms with Gasteiger partial charge in [-0.25, -0.2) is 0 Å². The van der Waals surface area contributed by atoms with Gasteiger partial charge >= 0.3 is 20.1 Å². The molecule has 0 fully saturated rings. The maximum absolute atomic E-state index is 6.29. The molecule has 0 aliphatic carbocycles. The summed E-state index contributed by atoms with van der Waals surface area (Å²) in [4.78, 5) is 13.2. The molecule has 0 amide bonds. The number of benzene rings is 5. The van der Waals surface area contributed by atoms with Crippen molar-refractivity contribution in [2.24, 2.45) is 0 Å². The van der Waals surface area contributed by atoms with Crippen LogP contribution in [0, 0.1) is 18.2 Å². The molecule has 0 radical (unpaired) electrons. The van der Waals surface area contributed by atoms with Crippen molar-refractivity contribution in [1.29, 1.82) is 0 Å². The zero-order valence-electron chi connectivity index (χ0n) is 29.7. The van der Waals surface area contributed by atoms with E-state index in [1.54, 1.807) is 6.20 Å². The van der Waals surface area contributed by atoms with Crippen molar-refractivity contribution in [1.82, 2.24) is 15.0 Å². The summed E-state index contributed by atoms with van der Waals surface area (Å²) >= 11 is 0. The molecule has 3 aromatic heterocycles. The summed E-state index contributed by atoms with van der Waals surface area (Å²) in [5.74, 6) is 1.71. The van der Waals surface area contributed by atoms with E-state index in [0.29, 0.717) is 0 Å². The minimum absolute atomic E-state index is 0. The second-order valence-corrected chi connectivity index (χ2v) is 12.5. The smallest absolute Gasteiger partial charge is 0.457 e. The normalized spacial score (nSPS) is 10.4. The molecule has 264 valence electrons. The van der Waals surface area contributed by atoms with Crippen LogP contribution < -0.4 is 4.74 Å². The van der Waals surface area contributed by atoms with Gasteiger partial charge in [0.25, 0.3) is 0 Å². The van der Waals surface area contributed by atoms with Crippen LogP contribution in [0.2, 0.25) is 0 Å². The van der Waals surface area contributed by atoms with Crippen LogP contribution in [0.5, 0.6) is 11.5 Å². The van der Waals surface area contributed by atoms with Gasteiger partial charge in [-0.2, -0.15) is 0 Å². The van der Waals surface area contributed by atoms with Gasteiger partial charge in [0.05, 0.1) is 0 Å². The Labute approximate surface area is 332 Å². The molecule has 0 bridgehead atoms. The quantitative estimate of drug-likeness (QED) is 0.121. The molecular formula is C49H38IrN3O. The fourth-order valence-corrected chi connectivity index (χ4v) is 5.99. The summed E-state index contributed by atoms with van der Waals surface area (Å²) < 4.78 is 6.29. The van der Waals surface area contributed by atoms with Crippen LogP contribution in [-0.4, -0.2) is 15.0 Å². The Morgan fingerprint density at radius 3 is 1.43 bits per heavy atom. The van der Waals surface area contributed by atoms with Gasteiger partial charge in [-0.3, -0.25) is 0 Å². The van der Waals surface area contributed by atoms with Crippen molar-refractivity contribution >= 4 is 0 Å². The molecule has 0 atom stereocenters. The molecule has 0 aliphatic rings. The summed E-state index contributed by atoms with van der Waals surface area (Å²) in [6, 6.07) is 64.6. The zero-order valence-corrected chi connectivity index (χ0v) is 32.1. The topological polar surface area (TPSA) is 47.9 Å². The Morgan fingerprint density at radius 1 is 0.370 bits per heavy atom. The van der Waals surface area contributed by atoms with E-state index in [9.17, 15) is 0 Å². The predicted molar refractivity (Wildman–Crippen MR) is 213 cm³/mol. The molecule has 0 N–H and O–H groups in total. The Bertz CT molecular complexity index is 2150. The van der Waals surface area contributed by atoms with Crippen LogP contribution in [-0.2, 0) is 45.8 Å². The first-order valence-electron chi connectivity index (χ1n) is 17.8. The monoisotopic (exact) mass is 877 g/mol. The van der Waals surface area contributed by atoms with Crippen molar-refractivity contribution in [3.05, 3.63) is 223 Å². The molecule has 0 unspecified atom stereocenters. The van der Waals surface area contributed by atoms with Gasteiger partial charge in [0.15, 0.2) is 0 Å². The number of aryl methyl sites for hydroxylation is 4. The average molecular weight is 877 g/mol. The minimum atomic E-state index is 0. The second kappa shape index (κ2) is 19.7. The first kappa shape index (κ1) is 37.7. The van der Waals surface area contributed by atoms with Crippen LogP contribution >= 0.6 is 0 Å². The van der Waals surface area contributed by atoms with Gasteiger partial charge < -0.3 is 19.7 Å². The molecule has 5 heteroatoms. The molecule has 54 heavy (non-hydrogen) atoms. The third-order valence-corrected chi connectivity index (χ3v) is 8.70. The molecule has 0 spiro atoms. The first-order valence-corrected chi connectivity index (χ1v) is 17.8. The number of rotatable bonds is 11. The molecule has 5 aromatic carbocycles. The Balaban J connectivity index is 0.000000324.